The van der Waals surface area contributed by atoms with Gasteiger partial charge >= 0.3 is 6.09 Å². The molecule has 0 unspecified atom stereocenters. The number of halogens is 2. The van der Waals surface area contributed by atoms with Crippen LogP contribution in [-0.2, 0) is 11.4 Å². The molecular weight excluding hydrogens is 516 g/mol. The van der Waals surface area contributed by atoms with Crippen LogP contribution in [0, 0.1) is 11.6 Å². The Kier molecular flexibility index (Phi) is 7.98. The Morgan fingerprint density at radius 2 is 2.00 bits per heavy atom. The normalized spacial score (nSPS) is 20.2. The number of rotatable bonds is 4. The summed E-state index contributed by atoms with van der Waals surface area (Å²) in [5.41, 5.74) is -0.927. The van der Waals surface area contributed by atoms with Crippen molar-refractivity contribution in [2.45, 2.75) is 45.3 Å². The van der Waals surface area contributed by atoms with Gasteiger partial charge < -0.3 is 29.3 Å². The van der Waals surface area contributed by atoms with E-state index in [9.17, 15) is 28.0 Å². The van der Waals surface area contributed by atoms with E-state index >= 15 is 0 Å². The van der Waals surface area contributed by atoms with Crippen LogP contribution in [-0.4, -0.2) is 71.3 Å². The average Bonchev–Trinajstić information content (AvgIpc) is 2.88. The zero-order valence-electron chi connectivity index (χ0n) is 22.0. The first-order valence-electron chi connectivity index (χ1n) is 12.3. The fourth-order valence-corrected chi connectivity index (χ4v) is 4.47. The van der Waals surface area contributed by atoms with Crippen molar-refractivity contribution >= 4 is 23.6 Å². The predicted molar refractivity (Wildman–Crippen MR) is 136 cm³/mol. The smallest absolute Gasteiger partial charge is 0.403 e. The van der Waals surface area contributed by atoms with Gasteiger partial charge in [-0.3, -0.25) is 14.4 Å². The fourth-order valence-electron chi connectivity index (χ4n) is 4.47. The molecule has 2 aliphatic heterocycles. The molecule has 13 heteroatoms. The van der Waals surface area contributed by atoms with Crippen LogP contribution in [0.15, 0.2) is 34.3 Å². The van der Waals surface area contributed by atoms with Crippen molar-refractivity contribution in [2.24, 2.45) is 5.16 Å². The number of carbonyl (C=O) groups is 3. The molecule has 0 saturated carbocycles. The van der Waals surface area contributed by atoms with Gasteiger partial charge in [0.25, 0.3) is 11.8 Å². The first kappa shape index (κ1) is 27.7. The zero-order chi connectivity index (χ0) is 28.4. The van der Waals surface area contributed by atoms with E-state index in [-0.39, 0.29) is 37.0 Å². The van der Waals surface area contributed by atoms with E-state index in [1.165, 1.54) is 30.9 Å². The van der Waals surface area contributed by atoms with Gasteiger partial charge in [-0.15, -0.1) is 0 Å². The quantitative estimate of drug-likeness (QED) is 0.631. The zero-order valence-corrected chi connectivity index (χ0v) is 22.0. The predicted octanol–water partition coefficient (Wildman–Crippen LogP) is 2.69. The molecule has 0 spiro atoms. The Morgan fingerprint density at radius 1 is 1.26 bits per heavy atom. The van der Waals surface area contributed by atoms with Crippen LogP contribution < -0.4 is 15.5 Å². The van der Waals surface area contributed by atoms with Gasteiger partial charge in [0.1, 0.15) is 23.8 Å². The maximum absolute atomic E-state index is 14.1. The van der Waals surface area contributed by atoms with Crippen LogP contribution >= 0.6 is 0 Å². The van der Waals surface area contributed by atoms with Crippen LogP contribution in [0.25, 0.3) is 0 Å². The van der Waals surface area contributed by atoms with Gasteiger partial charge in [-0.05, 0) is 19.9 Å². The molecule has 0 saturated heterocycles. The van der Waals surface area contributed by atoms with Gasteiger partial charge in [-0.1, -0.05) is 11.2 Å². The number of oxime groups is 1. The number of benzene rings is 1. The van der Waals surface area contributed by atoms with Crippen LogP contribution in [0.4, 0.5) is 13.6 Å². The standard InChI is InChI=1S/C26H29F2N5O6/c1-14-9-18-12-32(15(2)7-8-38-30-14)25(36)21-23(39-26(37)31(3)4)22(34)19(13-33(18)21)24(35)29-11-16-5-6-17(27)10-20(16)28/h5-6,10,13,15,18H,7-9,11-12H2,1-4H3,(H,29,35)/b30-14-/t15-,18-/m0/s1. The lowest BCUT2D eigenvalue weighted by Gasteiger charge is -2.40. The molecule has 2 aromatic rings. The topological polar surface area (TPSA) is 123 Å². The SMILES string of the molecule is C/C1=N/OCC[C@H](C)N2C[C@H](C1)n1cc(C(=O)NCc3ccc(F)cc3F)c(=O)c(OC(=O)N(C)C)c1C2=O. The summed E-state index contributed by atoms with van der Waals surface area (Å²) >= 11 is 0. The maximum Gasteiger partial charge on any atom is 0.414 e. The minimum Gasteiger partial charge on any atom is -0.403 e. The summed E-state index contributed by atoms with van der Waals surface area (Å²) in [6.45, 7) is 3.80. The van der Waals surface area contributed by atoms with Crippen molar-refractivity contribution in [3.8, 4) is 5.75 Å². The molecule has 0 aliphatic carbocycles. The van der Waals surface area contributed by atoms with E-state index in [0.29, 0.717) is 24.6 Å². The minimum absolute atomic E-state index is 0.000970. The molecule has 1 N–H and O–H groups in total. The lowest BCUT2D eigenvalue weighted by Crippen LogP contribution is -2.50. The van der Waals surface area contributed by atoms with Crippen LogP contribution in [0.5, 0.6) is 5.75 Å². The molecule has 39 heavy (non-hydrogen) atoms. The minimum atomic E-state index is -0.976. The summed E-state index contributed by atoms with van der Waals surface area (Å²) in [7, 11) is 2.82. The monoisotopic (exact) mass is 545 g/mol. The average molecular weight is 546 g/mol. The van der Waals surface area contributed by atoms with Crippen LogP contribution in [0.2, 0.25) is 0 Å². The molecule has 1 aromatic heterocycles. The van der Waals surface area contributed by atoms with E-state index < -0.39 is 52.3 Å². The van der Waals surface area contributed by atoms with E-state index in [1.54, 1.807) is 11.8 Å². The highest BCUT2D eigenvalue weighted by atomic mass is 19.1. The third-order valence-electron chi connectivity index (χ3n) is 6.62. The molecule has 3 heterocycles. The Bertz CT molecular complexity index is 1410. The molecule has 2 bridgehead atoms. The number of hydrogen-bond acceptors (Lipinski definition) is 7. The number of fused-ring (bicyclic) bond motifs is 4. The highest BCUT2D eigenvalue weighted by Gasteiger charge is 2.39. The molecule has 0 radical (unpaired) electrons. The molecule has 1 aromatic carbocycles. The van der Waals surface area contributed by atoms with Gasteiger partial charge in [0.15, 0.2) is 5.69 Å². The third kappa shape index (κ3) is 5.76. The molecule has 11 nitrogen and oxygen atoms in total. The summed E-state index contributed by atoms with van der Waals surface area (Å²) in [6.07, 6.45) is 1.12. The number of ether oxygens (including phenoxy) is 1. The summed E-state index contributed by atoms with van der Waals surface area (Å²) in [6, 6.07) is 2.16. The van der Waals surface area contributed by atoms with Gasteiger partial charge in [0.05, 0.1) is 11.8 Å². The number of amides is 3. The van der Waals surface area contributed by atoms with E-state index in [1.807, 2.05) is 6.92 Å². The van der Waals surface area contributed by atoms with Gasteiger partial charge in [-0.2, -0.15) is 0 Å². The van der Waals surface area contributed by atoms with Crippen molar-refractivity contribution in [3.05, 3.63) is 63.1 Å². The van der Waals surface area contributed by atoms with Crippen molar-refractivity contribution in [2.75, 3.05) is 27.2 Å². The van der Waals surface area contributed by atoms with Crippen molar-refractivity contribution in [1.82, 2.24) is 19.7 Å². The third-order valence-corrected chi connectivity index (χ3v) is 6.62. The number of carbonyl (C=O) groups excluding carboxylic acids is 3. The van der Waals surface area contributed by atoms with Crippen LogP contribution in [0.3, 0.4) is 0 Å². The molecule has 4 rings (SSSR count). The first-order valence-corrected chi connectivity index (χ1v) is 12.3. The van der Waals surface area contributed by atoms with Gasteiger partial charge in [0.2, 0.25) is 11.2 Å². The fraction of sp³-hybridized carbons (Fsp3) is 0.423. The molecule has 2 aliphatic rings. The van der Waals surface area contributed by atoms with Crippen molar-refractivity contribution < 1.29 is 32.7 Å². The molecule has 3 amide bonds. The summed E-state index contributed by atoms with van der Waals surface area (Å²) in [4.78, 5) is 60.9. The summed E-state index contributed by atoms with van der Waals surface area (Å²) in [5.74, 6) is -3.64. The second kappa shape index (κ2) is 11.2. The number of nitrogens with zero attached hydrogens (tertiary/aromatic N) is 4. The molecular formula is C26H29F2N5O6. The largest absolute Gasteiger partial charge is 0.414 e. The Labute approximate surface area is 223 Å². The molecule has 0 fully saturated rings. The number of pyridine rings is 1. The van der Waals surface area contributed by atoms with Gasteiger partial charge in [0, 0.05) is 63.9 Å². The summed E-state index contributed by atoms with van der Waals surface area (Å²) in [5, 5.41) is 6.56. The number of aromatic nitrogens is 1. The first-order chi connectivity index (χ1) is 18.5. The molecule has 208 valence electrons. The number of hydrogen-bond donors (Lipinski definition) is 1. The van der Waals surface area contributed by atoms with E-state index in [4.69, 9.17) is 9.57 Å². The number of nitrogens with one attached hydrogen (secondary N) is 1. The lowest BCUT2D eigenvalue weighted by atomic mass is 10.0. The van der Waals surface area contributed by atoms with E-state index in [2.05, 4.69) is 10.5 Å². The summed E-state index contributed by atoms with van der Waals surface area (Å²) < 4.78 is 34.2. The Balaban J connectivity index is 1.82. The van der Waals surface area contributed by atoms with Crippen LogP contribution in [0.1, 0.15) is 59.1 Å². The highest BCUT2D eigenvalue weighted by Crippen LogP contribution is 2.31. The second-order valence-corrected chi connectivity index (χ2v) is 9.75. The van der Waals surface area contributed by atoms with Crippen molar-refractivity contribution in [3.63, 3.8) is 0 Å². The lowest BCUT2D eigenvalue weighted by molar-refractivity contribution is 0.0496. The molecule has 2 atom stereocenters. The highest BCUT2D eigenvalue weighted by molar-refractivity contribution is 6.00. The Hall–Kier alpha value is -4.29. The maximum atomic E-state index is 14.1. The second-order valence-electron chi connectivity index (χ2n) is 9.75. The Morgan fingerprint density at radius 3 is 2.69 bits per heavy atom. The van der Waals surface area contributed by atoms with Crippen molar-refractivity contribution in [1.29, 1.82) is 0 Å². The van der Waals surface area contributed by atoms with E-state index in [0.717, 1.165) is 11.0 Å². The van der Waals surface area contributed by atoms with Gasteiger partial charge in [-0.25, -0.2) is 13.6 Å².